The first-order valence-electron chi connectivity index (χ1n) is 26.9. The van der Waals surface area contributed by atoms with Crippen LogP contribution in [0.3, 0.4) is 0 Å². The van der Waals surface area contributed by atoms with E-state index in [1.807, 2.05) is 0 Å². The molecule has 0 saturated carbocycles. The molecule has 2 atom stereocenters. The van der Waals surface area contributed by atoms with Gasteiger partial charge < -0.3 is 14.0 Å². The minimum absolute atomic E-state index is 0.554. The highest BCUT2D eigenvalue weighted by molar-refractivity contribution is 4.92. The summed E-state index contributed by atoms with van der Waals surface area (Å²) in [5, 5.41) is 0. The molecule has 1 aliphatic heterocycles. The number of piperazine rings is 1. The van der Waals surface area contributed by atoms with Crippen LogP contribution >= 0.6 is 0 Å². The van der Waals surface area contributed by atoms with E-state index in [2.05, 4.69) is 66.8 Å². The van der Waals surface area contributed by atoms with Crippen LogP contribution < -0.4 is 0 Å². The summed E-state index contributed by atoms with van der Waals surface area (Å²) < 4.78 is 14.0. The first-order valence-corrected chi connectivity index (χ1v) is 26.9. The molecule has 0 aromatic heterocycles. The van der Waals surface area contributed by atoms with E-state index in [1.165, 1.54) is 236 Å². The molecule has 350 valence electrons. The summed E-state index contributed by atoms with van der Waals surface area (Å²) in [5.74, 6) is 3.29. The number of rotatable bonds is 44. The van der Waals surface area contributed by atoms with Crippen molar-refractivity contribution in [3.8, 4) is 0 Å². The van der Waals surface area contributed by atoms with E-state index in [-0.39, 0.29) is 0 Å². The zero-order valence-electron chi connectivity index (χ0n) is 41.7. The fourth-order valence-electron chi connectivity index (χ4n) is 9.88. The number of allylic oxidation sites excluding steroid dienone is 2. The van der Waals surface area contributed by atoms with E-state index in [9.17, 15) is 0 Å². The number of nitrogens with zero attached hydrogens (tertiary/aromatic N) is 2. The lowest BCUT2D eigenvalue weighted by Crippen LogP contribution is -2.66. The largest absolute Gasteiger partial charge is 0.498 e. The predicted molar refractivity (Wildman–Crippen MR) is 263 cm³/mol. The van der Waals surface area contributed by atoms with E-state index in [4.69, 9.17) is 9.47 Å². The Morgan fingerprint density at radius 2 is 0.746 bits per heavy atom. The zero-order chi connectivity index (χ0) is 43.2. The molecule has 0 spiro atoms. The topological polar surface area (TPSA) is 21.7 Å². The van der Waals surface area contributed by atoms with E-state index in [0.29, 0.717) is 11.8 Å². The number of hydrogen-bond donors (Lipinski definition) is 0. The van der Waals surface area contributed by atoms with Gasteiger partial charge in [0.05, 0.1) is 51.9 Å². The van der Waals surface area contributed by atoms with Gasteiger partial charge in [0.25, 0.3) is 0 Å². The molecule has 0 N–H and O–H groups in total. The van der Waals surface area contributed by atoms with Crippen molar-refractivity contribution in [2.75, 3.05) is 46.9 Å². The van der Waals surface area contributed by atoms with Gasteiger partial charge in [0.1, 0.15) is 12.1 Å². The Kier molecular flexibility index (Phi) is 36.7. The van der Waals surface area contributed by atoms with Gasteiger partial charge in [-0.3, -0.25) is 4.90 Å². The summed E-state index contributed by atoms with van der Waals surface area (Å²) in [7, 11) is 5.13. The molecule has 4 nitrogen and oxygen atoms in total. The second kappa shape index (κ2) is 38.7. The Hall–Kier alpha value is -1.00. The third-order valence-corrected chi connectivity index (χ3v) is 14.4. The van der Waals surface area contributed by atoms with E-state index < -0.39 is 0 Å². The summed E-state index contributed by atoms with van der Waals surface area (Å²) in [6.45, 7) is 26.1. The molecule has 0 aromatic carbocycles. The smallest absolute Gasteiger partial charge is 0.102 e. The third-order valence-electron chi connectivity index (χ3n) is 14.4. The van der Waals surface area contributed by atoms with Gasteiger partial charge in [-0.1, -0.05) is 189 Å². The number of likely N-dealkylation sites (N-methyl/N-ethyl adjacent to an activating group) is 1. The van der Waals surface area contributed by atoms with E-state index >= 15 is 0 Å². The van der Waals surface area contributed by atoms with Crippen molar-refractivity contribution in [3.05, 3.63) is 24.7 Å². The second-order valence-electron chi connectivity index (χ2n) is 19.9. The molecule has 0 aliphatic carbocycles. The first kappa shape index (κ1) is 56.0. The average molecular weight is 830 g/mol. The molecule has 1 saturated heterocycles. The van der Waals surface area contributed by atoms with Crippen LogP contribution in [-0.4, -0.2) is 68.4 Å². The molecule has 1 aliphatic rings. The van der Waals surface area contributed by atoms with Crippen LogP contribution in [0.1, 0.15) is 259 Å². The minimum Gasteiger partial charge on any atom is -0.498 e. The van der Waals surface area contributed by atoms with Gasteiger partial charge in [0, 0.05) is 24.7 Å². The maximum Gasteiger partial charge on any atom is 0.102 e. The normalized spacial score (nSPS) is 17.0. The standard InChI is InChI=1S/C55H109N2O2/c1-10-15-20-24-30-39-52(40-31-25-21-16-11-2)50(6)58-46-37-28-34-43-54-48-56(45-36-19-14-5)49-55(57(54,8)9)44-35-29-38-47-59-51(7)53(41-32-26-22-17-12-3)42-33-27-23-18-13-4/h52-55H,6-7,10-49H2,1-5,8-9H3/q+1. The molecule has 0 aromatic rings. The van der Waals surface area contributed by atoms with Crippen molar-refractivity contribution in [2.45, 2.75) is 271 Å². The van der Waals surface area contributed by atoms with Crippen LogP contribution in [-0.2, 0) is 9.47 Å². The van der Waals surface area contributed by atoms with Crippen molar-refractivity contribution in [2.24, 2.45) is 11.8 Å². The summed E-state index contributed by atoms with van der Waals surface area (Å²) in [6, 6.07) is 1.45. The summed E-state index contributed by atoms with van der Waals surface area (Å²) in [5.41, 5.74) is 0. The molecule has 1 rings (SSSR count). The van der Waals surface area contributed by atoms with Crippen LogP contribution in [0.2, 0.25) is 0 Å². The zero-order valence-corrected chi connectivity index (χ0v) is 41.7. The molecular formula is C55H109N2O2+. The van der Waals surface area contributed by atoms with Gasteiger partial charge in [-0.25, -0.2) is 0 Å². The van der Waals surface area contributed by atoms with Crippen LogP contribution in [0.25, 0.3) is 0 Å². The number of ether oxygens (including phenoxy) is 2. The Morgan fingerprint density at radius 3 is 1.08 bits per heavy atom. The molecule has 59 heavy (non-hydrogen) atoms. The van der Waals surface area contributed by atoms with Crippen molar-refractivity contribution < 1.29 is 14.0 Å². The number of quaternary nitrogens is 1. The molecule has 0 radical (unpaired) electrons. The Bertz CT molecular complexity index is 851. The molecule has 0 bridgehead atoms. The van der Waals surface area contributed by atoms with Crippen molar-refractivity contribution >= 4 is 0 Å². The maximum absolute atomic E-state index is 6.41. The van der Waals surface area contributed by atoms with Crippen molar-refractivity contribution in [3.63, 3.8) is 0 Å². The highest BCUT2D eigenvalue weighted by atomic mass is 16.5. The predicted octanol–water partition coefficient (Wildman–Crippen LogP) is 17.2. The van der Waals surface area contributed by atoms with Gasteiger partial charge >= 0.3 is 0 Å². The number of hydrogen-bond acceptors (Lipinski definition) is 3. The first-order chi connectivity index (χ1) is 28.7. The molecule has 4 heteroatoms. The molecule has 1 fully saturated rings. The highest BCUT2D eigenvalue weighted by Gasteiger charge is 2.41. The van der Waals surface area contributed by atoms with Crippen LogP contribution in [0, 0.1) is 11.8 Å². The molecule has 0 amide bonds. The maximum atomic E-state index is 6.41. The number of unbranched alkanes of at least 4 members (excludes halogenated alkanes) is 22. The summed E-state index contributed by atoms with van der Waals surface area (Å²) in [4.78, 5) is 2.85. The summed E-state index contributed by atoms with van der Waals surface area (Å²) >= 11 is 0. The lowest BCUT2D eigenvalue weighted by atomic mass is 9.93. The van der Waals surface area contributed by atoms with E-state index in [1.54, 1.807) is 0 Å². The average Bonchev–Trinajstić information content (AvgIpc) is 3.22. The third kappa shape index (κ3) is 28.3. The SMILES string of the molecule is C=C(OCCCCCC1CN(CCCCC)CC(CCCCCOC(=C)C(CCCCCCC)CCCCCCC)[N+]1(C)C)C(CCCCCCC)CCCCCCC. The quantitative estimate of drug-likeness (QED) is 0.0347. The Balaban J connectivity index is 2.58. The second-order valence-corrected chi connectivity index (χ2v) is 19.9. The van der Waals surface area contributed by atoms with Gasteiger partial charge in [0.15, 0.2) is 0 Å². The van der Waals surface area contributed by atoms with E-state index in [0.717, 1.165) is 49.7 Å². The van der Waals surface area contributed by atoms with Crippen LogP contribution in [0.15, 0.2) is 24.7 Å². The van der Waals surface area contributed by atoms with Gasteiger partial charge in [-0.2, -0.15) is 0 Å². The highest BCUT2D eigenvalue weighted by Crippen LogP contribution is 2.30. The molecule has 1 heterocycles. The Morgan fingerprint density at radius 1 is 0.441 bits per heavy atom. The Labute approximate surface area is 372 Å². The van der Waals surface area contributed by atoms with Gasteiger partial charge in [0.2, 0.25) is 0 Å². The van der Waals surface area contributed by atoms with Gasteiger partial charge in [-0.05, 0) is 77.2 Å². The van der Waals surface area contributed by atoms with Crippen molar-refractivity contribution in [1.29, 1.82) is 0 Å². The van der Waals surface area contributed by atoms with Crippen LogP contribution in [0.5, 0.6) is 0 Å². The van der Waals surface area contributed by atoms with Crippen LogP contribution in [0.4, 0.5) is 0 Å². The minimum atomic E-state index is 0.554. The molecule has 2 unspecified atom stereocenters. The lowest BCUT2D eigenvalue weighted by molar-refractivity contribution is -0.944. The summed E-state index contributed by atoms with van der Waals surface area (Å²) in [6.07, 6.45) is 46.3. The lowest BCUT2D eigenvalue weighted by Gasteiger charge is -2.51. The fraction of sp³-hybridized carbons (Fsp3) is 0.927. The van der Waals surface area contributed by atoms with Gasteiger partial charge in [-0.15, -0.1) is 0 Å². The fourth-order valence-corrected chi connectivity index (χ4v) is 9.88. The monoisotopic (exact) mass is 830 g/mol. The van der Waals surface area contributed by atoms with Crippen molar-refractivity contribution in [1.82, 2.24) is 4.90 Å². The molecular weight excluding hydrogens is 721 g/mol.